The lowest BCUT2D eigenvalue weighted by Gasteiger charge is -2.22. The van der Waals surface area contributed by atoms with E-state index in [1.165, 1.54) is 0 Å². The summed E-state index contributed by atoms with van der Waals surface area (Å²) in [5.41, 5.74) is 0. The molecule has 96 valence electrons. The molecule has 0 saturated carbocycles. The van der Waals surface area contributed by atoms with Crippen LogP contribution in [-0.2, 0) is 10.0 Å². The van der Waals surface area contributed by atoms with Crippen molar-refractivity contribution in [2.75, 3.05) is 25.4 Å². The van der Waals surface area contributed by atoms with E-state index in [0.29, 0.717) is 18.4 Å². The Hall–Kier alpha value is -0.130. The lowest BCUT2D eigenvalue weighted by atomic mass is 10.0. The zero-order valence-corrected chi connectivity index (χ0v) is 11.1. The fourth-order valence-corrected chi connectivity index (χ4v) is 3.22. The van der Waals surface area contributed by atoms with Gasteiger partial charge in [-0.2, -0.15) is 0 Å². The minimum Gasteiger partial charge on any atom is -0.316 e. The molecule has 16 heavy (non-hydrogen) atoms. The van der Waals surface area contributed by atoms with Gasteiger partial charge >= 0.3 is 0 Å². The van der Waals surface area contributed by atoms with Crippen molar-refractivity contribution in [1.82, 2.24) is 10.0 Å². The average molecular weight is 248 g/mol. The van der Waals surface area contributed by atoms with Gasteiger partial charge in [0.1, 0.15) is 0 Å². The largest absolute Gasteiger partial charge is 0.316 e. The molecule has 0 spiro atoms. The second-order valence-electron chi connectivity index (χ2n) is 5.06. The Morgan fingerprint density at radius 1 is 1.44 bits per heavy atom. The lowest BCUT2D eigenvalue weighted by molar-refractivity contribution is 0.375. The summed E-state index contributed by atoms with van der Waals surface area (Å²) in [4.78, 5) is 0. The molecule has 1 aliphatic heterocycles. The highest BCUT2D eigenvalue weighted by molar-refractivity contribution is 7.89. The first-order valence-corrected chi connectivity index (χ1v) is 7.83. The van der Waals surface area contributed by atoms with Gasteiger partial charge in [-0.15, -0.1) is 0 Å². The standard InChI is InChI=1S/C11H24N2O2S/c1-10(2)5-7-16(14,15)13-9-11-4-3-6-12-8-11/h10-13H,3-9H2,1-2H3. The molecule has 0 aromatic carbocycles. The highest BCUT2D eigenvalue weighted by Crippen LogP contribution is 2.09. The van der Waals surface area contributed by atoms with Crippen LogP contribution in [0.25, 0.3) is 0 Å². The van der Waals surface area contributed by atoms with Crippen LogP contribution in [0.5, 0.6) is 0 Å². The number of nitrogens with one attached hydrogen (secondary N) is 2. The van der Waals surface area contributed by atoms with Gasteiger partial charge in [-0.05, 0) is 44.2 Å². The van der Waals surface area contributed by atoms with Gasteiger partial charge in [0.2, 0.25) is 10.0 Å². The van der Waals surface area contributed by atoms with Crippen molar-refractivity contribution in [3.05, 3.63) is 0 Å². The van der Waals surface area contributed by atoms with Crippen molar-refractivity contribution >= 4 is 10.0 Å². The van der Waals surface area contributed by atoms with E-state index in [4.69, 9.17) is 0 Å². The Labute approximate surface area is 99.2 Å². The first-order valence-electron chi connectivity index (χ1n) is 6.17. The minimum absolute atomic E-state index is 0.255. The van der Waals surface area contributed by atoms with Crippen LogP contribution in [0.1, 0.15) is 33.1 Å². The molecule has 1 saturated heterocycles. The third-order valence-corrected chi connectivity index (χ3v) is 4.33. The maximum atomic E-state index is 11.6. The monoisotopic (exact) mass is 248 g/mol. The summed E-state index contributed by atoms with van der Waals surface area (Å²) in [6, 6.07) is 0. The molecule has 1 heterocycles. The molecule has 1 atom stereocenters. The highest BCUT2D eigenvalue weighted by Gasteiger charge is 2.16. The Balaban J connectivity index is 2.24. The fraction of sp³-hybridized carbons (Fsp3) is 1.00. The number of hydrogen-bond donors (Lipinski definition) is 2. The molecule has 0 aromatic rings. The minimum atomic E-state index is -3.05. The smallest absolute Gasteiger partial charge is 0.211 e. The van der Waals surface area contributed by atoms with Crippen LogP contribution in [0, 0.1) is 11.8 Å². The molecule has 0 aromatic heterocycles. The lowest BCUT2D eigenvalue weighted by Crippen LogP contribution is -2.38. The molecule has 0 bridgehead atoms. The van der Waals surface area contributed by atoms with Gasteiger partial charge in [-0.25, -0.2) is 13.1 Å². The second-order valence-corrected chi connectivity index (χ2v) is 6.99. The summed E-state index contributed by atoms with van der Waals surface area (Å²) in [5.74, 6) is 1.15. The van der Waals surface area contributed by atoms with Crippen molar-refractivity contribution < 1.29 is 8.42 Å². The molecule has 0 aliphatic carbocycles. The summed E-state index contributed by atoms with van der Waals surface area (Å²) >= 11 is 0. The second kappa shape index (κ2) is 6.57. The van der Waals surface area contributed by atoms with Crippen molar-refractivity contribution in [2.24, 2.45) is 11.8 Å². The summed E-state index contributed by atoms with van der Waals surface area (Å²) in [6.07, 6.45) is 3.01. The Kier molecular flexibility index (Phi) is 5.72. The van der Waals surface area contributed by atoms with Gasteiger partial charge < -0.3 is 5.32 Å². The summed E-state index contributed by atoms with van der Waals surface area (Å²) in [6.45, 7) is 6.68. The number of sulfonamides is 1. The summed E-state index contributed by atoms with van der Waals surface area (Å²) in [7, 11) is -3.05. The van der Waals surface area contributed by atoms with Crippen molar-refractivity contribution in [1.29, 1.82) is 0 Å². The van der Waals surface area contributed by atoms with E-state index in [-0.39, 0.29) is 5.75 Å². The van der Waals surface area contributed by atoms with Crippen LogP contribution in [0.4, 0.5) is 0 Å². The molecule has 1 aliphatic rings. The highest BCUT2D eigenvalue weighted by atomic mass is 32.2. The number of piperidine rings is 1. The van der Waals surface area contributed by atoms with Gasteiger partial charge in [-0.1, -0.05) is 13.8 Å². The van der Waals surface area contributed by atoms with Crippen LogP contribution >= 0.6 is 0 Å². The molecular weight excluding hydrogens is 224 g/mol. The van der Waals surface area contributed by atoms with Gasteiger partial charge in [0.25, 0.3) is 0 Å². The van der Waals surface area contributed by atoms with E-state index >= 15 is 0 Å². The first kappa shape index (κ1) is 13.9. The third kappa shape index (κ3) is 5.82. The molecule has 0 radical (unpaired) electrons. The molecule has 5 heteroatoms. The third-order valence-electron chi connectivity index (χ3n) is 2.95. The van der Waals surface area contributed by atoms with Crippen LogP contribution in [0.3, 0.4) is 0 Å². The van der Waals surface area contributed by atoms with E-state index in [2.05, 4.69) is 10.0 Å². The zero-order valence-electron chi connectivity index (χ0n) is 10.3. The normalized spacial score (nSPS) is 22.6. The first-order chi connectivity index (χ1) is 7.49. The van der Waals surface area contributed by atoms with Crippen LogP contribution in [0.15, 0.2) is 0 Å². The van der Waals surface area contributed by atoms with Crippen molar-refractivity contribution in [3.63, 3.8) is 0 Å². The molecule has 1 unspecified atom stereocenters. The van der Waals surface area contributed by atoms with Crippen LogP contribution < -0.4 is 10.0 Å². The van der Waals surface area contributed by atoms with Gasteiger partial charge in [0.05, 0.1) is 5.75 Å². The Morgan fingerprint density at radius 2 is 2.19 bits per heavy atom. The predicted octanol–water partition coefficient (Wildman–Crippen LogP) is 0.952. The SMILES string of the molecule is CC(C)CCS(=O)(=O)NCC1CCCNC1. The quantitative estimate of drug-likeness (QED) is 0.736. The summed E-state index contributed by atoms with van der Waals surface area (Å²) in [5, 5.41) is 3.29. The molecule has 1 fully saturated rings. The average Bonchev–Trinajstić information content (AvgIpc) is 2.26. The predicted molar refractivity (Wildman–Crippen MR) is 66.8 cm³/mol. The summed E-state index contributed by atoms with van der Waals surface area (Å²) < 4.78 is 26.0. The van der Waals surface area contributed by atoms with Crippen molar-refractivity contribution in [2.45, 2.75) is 33.1 Å². The van der Waals surface area contributed by atoms with Gasteiger partial charge in [0, 0.05) is 6.54 Å². The van der Waals surface area contributed by atoms with Crippen LogP contribution in [-0.4, -0.2) is 33.8 Å². The van der Waals surface area contributed by atoms with E-state index < -0.39 is 10.0 Å². The van der Waals surface area contributed by atoms with Crippen molar-refractivity contribution in [3.8, 4) is 0 Å². The number of rotatable bonds is 6. The maximum Gasteiger partial charge on any atom is 0.211 e. The van der Waals surface area contributed by atoms with E-state index in [9.17, 15) is 8.42 Å². The Bertz CT molecular complexity index is 282. The molecule has 1 rings (SSSR count). The van der Waals surface area contributed by atoms with E-state index in [1.54, 1.807) is 0 Å². The topological polar surface area (TPSA) is 58.2 Å². The molecular formula is C11H24N2O2S. The van der Waals surface area contributed by atoms with Crippen LogP contribution in [0.2, 0.25) is 0 Å². The Morgan fingerprint density at radius 3 is 2.75 bits per heavy atom. The zero-order chi connectivity index (χ0) is 12.0. The molecule has 0 amide bonds. The fourth-order valence-electron chi connectivity index (χ4n) is 1.81. The van der Waals surface area contributed by atoms with Gasteiger partial charge in [-0.3, -0.25) is 0 Å². The molecule has 4 nitrogen and oxygen atoms in total. The number of hydrogen-bond acceptors (Lipinski definition) is 3. The van der Waals surface area contributed by atoms with E-state index in [1.807, 2.05) is 13.8 Å². The van der Waals surface area contributed by atoms with Gasteiger partial charge in [0.15, 0.2) is 0 Å². The molecule has 2 N–H and O–H groups in total. The maximum absolute atomic E-state index is 11.6. The van der Waals surface area contributed by atoms with E-state index in [0.717, 1.165) is 32.4 Å².